The summed E-state index contributed by atoms with van der Waals surface area (Å²) in [6.07, 6.45) is -2.22. The Labute approximate surface area is 128 Å². The van der Waals surface area contributed by atoms with E-state index in [1.54, 1.807) is 0 Å². The Morgan fingerprint density at radius 3 is 2.00 bits per heavy atom. The number of hydrogen-bond donors (Lipinski definition) is 2. The zero-order valence-corrected chi connectivity index (χ0v) is 13.3. The quantitative estimate of drug-likeness (QED) is 0.801. The van der Waals surface area contributed by atoms with Gasteiger partial charge < -0.3 is 10.2 Å². The smallest absolute Gasteiger partial charge is 0.246 e. The number of benzene rings is 1. The highest BCUT2D eigenvalue weighted by Crippen LogP contribution is 2.35. The molecule has 19 heavy (non-hydrogen) atoms. The standard InChI is InChI=1S/C10H10BrCl2NO4S/c11-5-1-6(12)10(7(13)2-5)19(17,18)14-3-8(15)9(16)4-14/h1-2,8-9,15-16H,3-4H2/t8-,9+. The van der Waals surface area contributed by atoms with E-state index in [4.69, 9.17) is 23.2 Å². The average Bonchev–Trinajstić information content (AvgIpc) is 2.57. The molecule has 0 aliphatic carbocycles. The first-order valence-corrected chi connectivity index (χ1v) is 8.23. The predicted octanol–water partition coefficient (Wildman–Crippen LogP) is 1.48. The van der Waals surface area contributed by atoms with Gasteiger partial charge in [0.1, 0.15) is 4.90 Å². The van der Waals surface area contributed by atoms with E-state index in [2.05, 4.69) is 15.9 Å². The van der Waals surface area contributed by atoms with E-state index in [-0.39, 0.29) is 28.0 Å². The molecule has 5 nitrogen and oxygen atoms in total. The second kappa shape index (κ2) is 5.48. The lowest BCUT2D eigenvalue weighted by Crippen LogP contribution is -2.30. The molecule has 0 saturated carbocycles. The summed E-state index contributed by atoms with van der Waals surface area (Å²) in [5, 5.41) is 18.8. The Bertz CT molecular complexity index is 577. The summed E-state index contributed by atoms with van der Waals surface area (Å²) in [6, 6.07) is 2.84. The molecule has 1 heterocycles. The Morgan fingerprint density at radius 1 is 1.16 bits per heavy atom. The lowest BCUT2D eigenvalue weighted by atomic mass is 10.3. The van der Waals surface area contributed by atoms with E-state index in [1.807, 2.05) is 0 Å². The molecule has 1 aromatic carbocycles. The van der Waals surface area contributed by atoms with Crippen LogP contribution >= 0.6 is 39.1 Å². The monoisotopic (exact) mass is 389 g/mol. The largest absolute Gasteiger partial charge is 0.389 e. The number of nitrogens with zero attached hydrogens (tertiary/aromatic N) is 1. The van der Waals surface area contributed by atoms with Crippen LogP contribution in [0.1, 0.15) is 0 Å². The highest BCUT2D eigenvalue weighted by atomic mass is 79.9. The molecule has 1 fully saturated rings. The van der Waals surface area contributed by atoms with Crippen molar-refractivity contribution in [2.24, 2.45) is 0 Å². The van der Waals surface area contributed by atoms with Crippen LogP contribution < -0.4 is 0 Å². The zero-order chi connectivity index (χ0) is 14.4. The normalized spacial score (nSPS) is 24.9. The molecular weight excluding hydrogens is 381 g/mol. The summed E-state index contributed by atoms with van der Waals surface area (Å²) in [4.78, 5) is -0.222. The molecule has 2 atom stereocenters. The van der Waals surface area contributed by atoms with Gasteiger partial charge in [-0.25, -0.2) is 8.42 Å². The van der Waals surface area contributed by atoms with Crippen molar-refractivity contribution < 1.29 is 18.6 Å². The van der Waals surface area contributed by atoms with Gasteiger partial charge in [-0.3, -0.25) is 0 Å². The zero-order valence-electron chi connectivity index (χ0n) is 9.42. The van der Waals surface area contributed by atoms with Crippen LogP contribution in [-0.2, 0) is 10.0 Å². The number of β-amino-alcohol motifs (C(OH)–C–C–N with tert-alkyl or cyclic N) is 2. The maximum Gasteiger partial charge on any atom is 0.246 e. The predicted molar refractivity (Wildman–Crippen MR) is 74.9 cm³/mol. The fourth-order valence-electron chi connectivity index (χ4n) is 1.84. The number of hydrogen-bond acceptors (Lipinski definition) is 4. The molecule has 2 N–H and O–H groups in total. The van der Waals surface area contributed by atoms with E-state index < -0.39 is 22.2 Å². The minimum Gasteiger partial charge on any atom is -0.389 e. The summed E-state index contributed by atoms with van der Waals surface area (Å²) in [7, 11) is -3.95. The summed E-state index contributed by atoms with van der Waals surface area (Å²) in [6.45, 7) is -0.377. The van der Waals surface area contributed by atoms with E-state index in [0.29, 0.717) is 4.47 Å². The van der Waals surface area contributed by atoms with Gasteiger partial charge >= 0.3 is 0 Å². The van der Waals surface area contributed by atoms with E-state index in [0.717, 1.165) is 4.31 Å². The van der Waals surface area contributed by atoms with Crippen LogP contribution in [0.2, 0.25) is 10.0 Å². The van der Waals surface area contributed by atoms with E-state index in [9.17, 15) is 18.6 Å². The molecule has 0 spiro atoms. The number of halogens is 3. The first kappa shape index (κ1) is 15.5. The van der Waals surface area contributed by atoms with Crippen LogP contribution in [0.25, 0.3) is 0 Å². The van der Waals surface area contributed by atoms with Crippen molar-refractivity contribution in [1.29, 1.82) is 0 Å². The molecule has 2 rings (SSSR count). The second-order valence-electron chi connectivity index (χ2n) is 4.16. The maximum absolute atomic E-state index is 12.4. The Kier molecular flexibility index (Phi) is 4.47. The van der Waals surface area contributed by atoms with Crippen molar-refractivity contribution in [2.75, 3.05) is 13.1 Å². The van der Waals surface area contributed by atoms with Crippen molar-refractivity contribution in [3.8, 4) is 0 Å². The van der Waals surface area contributed by atoms with Gasteiger partial charge in [-0.05, 0) is 12.1 Å². The molecule has 0 aromatic heterocycles. The van der Waals surface area contributed by atoms with Gasteiger partial charge in [0.15, 0.2) is 0 Å². The van der Waals surface area contributed by atoms with Crippen LogP contribution in [0.4, 0.5) is 0 Å². The van der Waals surface area contributed by atoms with Crippen molar-refractivity contribution in [2.45, 2.75) is 17.1 Å². The molecule has 0 radical (unpaired) electrons. The number of aliphatic hydroxyl groups excluding tert-OH is 2. The Morgan fingerprint density at radius 2 is 1.58 bits per heavy atom. The second-order valence-corrected chi connectivity index (χ2v) is 7.76. The van der Waals surface area contributed by atoms with Gasteiger partial charge in [0, 0.05) is 17.6 Å². The highest BCUT2D eigenvalue weighted by Gasteiger charge is 2.39. The lowest BCUT2D eigenvalue weighted by Gasteiger charge is -2.17. The number of rotatable bonds is 2. The minimum atomic E-state index is -3.95. The fraction of sp³-hybridized carbons (Fsp3) is 0.400. The summed E-state index contributed by atoms with van der Waals surface area (Å²) < 4.78 is 26.3. The van der Waals surface area contributed by atoms with E-state index >= 15 is 0 Å². The van der Waals surface area contributed by atoms with Crippen LogP contribution in [0.15, 0.2) is 21.5 Å². The maximum atomic E-state index is 12.4. The average molecular weight is 391 g/mol. The molecule has 1 aromatic rings. The third kappa shape index (κ3) is 2.92. The van der Waals surface area contributed by atoms with Gasteiger partial charge in [-0.2, -0.15) is 4.31 Å². The van der Waals surface area contributed by atoms with Crippen molar-refractivity contribution in [1.82, 2.24) is 4.31 Å². The fourth-order valence-corrected chi connectivity index (χ4v) is 5.20. The van der Waals surface area contributed by atoms with Crippen LogP contribution in [0, 0.1) is 0 Å². The molecule has 106 valence electrons. The SMILES string of the molecule is O=S(=O)(c1c(Cl)cc(Br)cc1Cl)N1C[C@@H](O)[C@@H](O)C1. The Balaban J connectivity index is 2.47. The molecule has 0 amide bonds. The molecular formula is C10H10BrCl2NO4S. The van der Waals surface area contributed by atoms with Crippen LogP contribution in [0.5, 0.6) is 0 Å². The van der Waals surface area contributed by atoms with Gasteiger partial charge in [-0.1, -0.05) is 39.1 Å². The van der Waals surface area contributed by atoms with Gasteiger partial charge in [0.25, 0.3) is 0 Å². The highest BCUT2D eigenvalue weighted by molar-refractivity contribution is 9.10. The number of aliphatic hydroxyl groups is 2. The summed E-state index contributed by atoms with van der Waals surface area (Å²) in [5.74, 6) is 0. The first-order valence-electron chi connectivity index (χ1n) is 5.24. The van der Waals surface area contributed by atoms with Gasteiger partial charge in [-0.15, -0.1) is 0 Å². The molecule has 9 heteroatoms. The van der Waals surface area contributed by atoms with Crippen molar-refractivity contribution >= 4 is 49.2 Å². The third-order valence-corrected chi connectivity index (χ3v) is 6.00. The third-order valence-electron chi connectivity index (χ3n) is 2.79. The van der Waals surface area contributed by atoms with Gasteiger partial charge in [0.05, 0.1) is 22.3 Å². The molecule has 0 unspecified atom stereocenters. The number of sulfonamides is 1. The van der Waals surface area contributed by atoms with Crippen LogP contribution in [0.3, 0.4) is 0 Å². The topological polar surface area (TPSA) is 77.8 Å². The lowest BCUT2D eigenvalue weighted by molar-refractivity contribution is 0.0572. The van der Waals surface area contributed by atoms with Crippen LogP contribution in [-0.4, -0.2) is 48.2 Å². The minimum absolute atomic E-state index is 0.0183. The van der Waals surface area contributed by atoms with Gasteiger partial charge in [0.2, 0.25) is 10.0 Å². The molecule has 1 saturated heterocycles. The van der Waals surface area contributed by atoms with Crippen molar-refractivity contribution in [3.63, 3.8) is 0 Å². The summed E-state index contributed by atoms with van der Waals surface area (Å²) in [5.41, 5.74) is 0. The molecule has 1 aliphatic rings. The molecule has 0 bridgehead atoms. The Hall–Kier alpha value is 0.110. The summed E-state index contributed by atoms with van der Waals surface area (Å²) >= 11 is 15.0. The molecule has 1 aliphatic heterocycles. The van der Waals surface area contributed by atoms with Crippen molar-refractivity contribution in [3.05, 3.63) is 26.7 Å². The van der Waals surface area contributed by atoms with E-state index in [1.165, 1.54) is 12.1 Å². The first-order chi connectivity index (χ1) is 8.73.